The summed E-state index contributed by atoms with van der Waals surface area (Å²) in [5.41, 5.74) is 1.82. The number of carboxylic acids is 1. The fourth-order valence-electron chi connectivity index (χ4n) is 3.33. The molecular weight excluding hydrogens is 456 g/mol. The van der Waals surface area contributed by atoms with Crippen molar-refractivity contribution in [2.75, 3.05) is 12.3 Å². The van der Waals surface area contributed by atoms with E-state index in [1.165, 1.54) is 0 Å². The van der Waals surface area contributed by atoms with Crippen LogP contribution >= 0.6 is 0 Å². The number of carboxylic acid groups (broad SMARTS) is 1. The van der Waals surface area contributed by atoms with Gasteiger partial charge in [0.25, 0.3) is 5.91 Å². The Hall–Kier alpha value is -3.71. The molecule has 1 aromatic carbocycles. The van der Waals surface area contributed by atoms with E-state index < -0.39 is 82.8 Å². The summed E-state index contributed by atoms with van der Waals surface area (Å²) in [4.78, 5) is 60.1. The lowest BCUT2D eigenvalue weighted by atomic mass is 10.1. The number of likely N-dealkylation sites (tertiary alicyclic amines) is 1. The van der Waals surface area contributed by atoms with Crippen LogP contribution in [0.4, 0.5) is 23.2 Å². The fourth-order valence-corrected chi connectivity index (χ4v) is 3.33. The summed E-state index contributed by atoms with van der Waals surface area (Å²) in [5.74, 6) is -12.7. The van der Waals surface area contributed by atoms with Crippen molar-refractivity contribution in [3.63, 3.8) is 0 Å². The minimum atomic E-state index is -2.04. The maximum absolute atomic E-state index is 14.0. The number of benzene rings is 1. The summed E-state index contributed by atoms with van der Waals surface area (Å²) in [5, 5.41) is 12.9. The lowest BCUT2D eigenvalue weighted by molar-refractivity contribution is -0.141. The normalized spacial score (nSPS) is 17.2. The number of nitrogens with one attached hydrogen (secondary N) is 2. The lowest BCUT2D eigenvalue weighted by Gasteiger charge is -2.28. The third-order valence-electron chi connectivity index (χ3n) is 4.97. The van der Waals surface area contributed by atoms with Crippen molar-refractivity contribution < 1.29 is 46.6 Å². The molecule has 1 heterocycles. The highest BCUT2D eigenvalue weighted by Gasteiger charge is 2.38. The van der Waals surface area contributed by atoms with Crippen LogP contribution in [-0.2, 0) is 19.2 Å². The van der Waals surface area contributed by atoms with E-state index in [1.54, 1.807) is 0 Å². The highest BCUT2D eigenvalue weighted by Crippen LogP contribution is 2.26. The van der Waals surface area contributed by atoms with Gasteiger partial charge in [0, 0.05) is 6.54 Å². The summed E-state index contributed by atoms with van der Waals surface area (Å²) in [6.07, 6.45) is 0.0690. The van der Waals surface area contributed by atoms with E-state index in [0.29, 0.717) is 6.42 Å². The van der Waals surface area contributed by atoms with Gasteiger partial charge in [-0.1, -0.05) is 0 Å². The highest BCUT2D eigenvalue weighted by molar-refractivity contribution is 5.99. The number of rotatable bonds is 8. The van der Waals surface area contributed by atoms with Crippen molar-refractivity contribution in [3.8, 4) is 0 Å². The van der Waals surface area contributed by atoms with Gasteiger partial charge in [0.15, 0.2) is 23.3 Å². The number of amides is 3. The van der Waals surface area contributed by atoms with Crippen LogP contribution in [0.3, 0.4) is 0 Å². The van der Waals surface area contributed by atoms with E-state index in [2.05, 4.69) is 5.32 Å². The molecule has 1 aromatic rings. The second kappa shape index (κ2) is 10.3. The van der Waals surface area contributed by atoms with Crippen LogP contribution in [0.15, 0.2) is 0 Å². The van der Waals surface area contributed by atoms with Gasteiger partial charge in [0.1, 0.15) is 29.6 Å². The average Bonchev–Trinajstić information content (AvgIpc) is 3.25. The molecule has 1 fully saturated rings. The number of nitrogens with two attached hydrogens (primary N) is 1. The molecule has 14 heteroatoms. The predicted molar refractivity (Wildman–Crippen MR) is 103 cm³/mol. The van der Waals surface area contributed by atoms with Gasteiger partial charge in [0.2, 0.25) is 11.8 Å². The van der Waals surface area contributed by atoms with Crippen molar-refractivity contribution in [3.05, 3.63) is 28.8 Å². The second-order valence-corrected chi connectivity index (χ2v) is 7.28. The number of hydrogen-bond donors (Lipinski definition) is 4. The molecule has 0 spiro atoms. The average molecular weight is 476 g/mol. The monoisotopic (exact) mass is 476 g/mol. The lowest BCUT2D eigenvalue weighted by Crippen LogP contribution is -2.54. The Morgan fingerprint density at radius 2 is 1.70 bits per heavy atom. The molecule has 3 amide bonds. The number of hydrogen-bond acceptors (Lipinski definition) is 6. The van der Waals surface area contributed by atoms with Crippen LogP contribution in [-0.4, -0.2) is 64.7 Å². The largest absolute Gasteiger partial charge is 0.481 e. The SMILES string of the molecule is C[C@H](NC(=O)c1c(F)c(F)c(N)c(F)c1F)C(=O)N1CCCC1C(=O)N[C@H](C=O)CC(=O)O. The number of nitrogens with zero attached hydrogens (tertiary/aromatic N) is 1. The topological polar surface area (TPSA) is 159 Å². The Balaban J connectivity index is 2.14. The minimum absolute atomic E-state index is 0.0513. The van der Waals surface area contributed by atoms with E-state index in [-0.39, 0.29) is 19.3 Å². The number of halogens is 4. The molecule has 0 radical (unpaired) electrons. The second-order valence-electron chi connectivity index (χ2n) is 7.28. The smallest absolute Gasteiger partial charge is 0.305 e. The van der Waals surface area contributed by atoms with E-state index in [1.807, 2.05) is 5.32 Å². The first-order valence-corrected chi connectivity index (χ1v) is 9.60. The highest BCUT2D eigenvalue weighted by atomic mass is 19.2. The van der Waals surface area contributed by atoms with Gasteiger partial charge in [-0.05, 0) is 19.8 Å². The zero-order valence-corrected chi connectivity index (χ0v) is 17.2. The molecule has 0 bridgehead atoms. The molecule has 5 N–H and O–H groups in total. The van der Waals surface area contributed by atoms with Gasteiger partial charge >= 0.3 is 5.97 Å². The standard InChI is InChI=1S/C19H20F4N4O6/c1-7(25-18(32)11-12(20)14(22)16(24)15(23)13(11)21)19(33)27-4-2-3-9(27)17(31)26-8(6-28)5-10(29)30/h6-9H,2-5,24H2,1H3,(H,25,32)(H,26,31)(H,29,30)/t7-,8-,9?/m0/s1. The first-order chi connectivity index (χ1) is 15.4. The molecule has 1 unspecified atom stereocenters. The van der Waals surface area contributed by atoms with Gasteiger partial charge < -0.3 is 31.2 Å². The van der Waals surface area contributed by atoms with E-state index in [9.17, 15) is 41.5 Å². The summed E-state index contributed by atoms with van der Waals surface area (Å²) in [6.45, 7) is 1.17. The quantitative estimate of drug-likeness (QED) is 0.179. The minimum Gasteiger partial charge on any atom is -0.481 e. The van der Waals surface area contributed by atoms with E-state index >= 15 is 0 Å². The van der Waals surface area contributed by atoms with Crippen molar-refractivity contribution in [2.24, 2.45) is 0 Å². The molecule has 10 nitrogen and oxygen atoms in total. The van der Waals surface area contributed by atoms with E-state index in [0.717, 1.165) is 11.8 Å². The van der Waals surface area contributed by atoms with E-state index in [4.69, 9.17) is 10.8 Å². The zero-order valence-electron chi connectivity index (χ0n) is 17.2. The number of anilines is 1. The molecule has 3 atom stereocenters. The number of nitrogen functional groups attached to an aromatic ring is 1. The number of carbonyl (C=O) groups excluding carboxylic acids is 4. The maximum atomic E-state index is 14.0. The van der Waals surface area contributed by atoms with Crippen molar-refractivity contribution in [1.82, 2.24) is 15.5 Å². The van der Waals surface area contributed by atoms with Gasteiger partial charge in [-0.25, -0.2) is 17.6 Å². The fraction of sp³-hybridized carbons (Fsp3) is 0.421. The molecule has 2 rings (SSSR count). The Morgan fingerprint density at radius 3 is 2.21 bits per heavy atom. The summed E-state index contributed by atoms with van der Waals surface area (Å²) >= 11 is 0. The van der Waals surface area contributed by atoms with Gasteiger partial charge in [0.05, 0.1) is 12.5 Å². The molecule has 1 saturated heterocycles. The third-order valence-corrected chi connectivity index (χ3v) is 4.97. The maximum Gasteiger partial charge on any atom is 0.305 e. The Labute approximate surface area is 184 Å². The van der Waals surface area contributed by atoms with Gasteiger partial charge in [-0.2, -0.15) is 0 Å². The predicted octanol–water partition coefficient (Wildman–Crippen LogP) is 0.0929. The molecule has 0 aliphatic carbocycles. The summed E-state index contributed by atoms with van der Waals surface area (Å²) in [6, 6.07) is -3.91. The first-order valence-electron chi connectivity index (χ1n) is 9.60. The van der Waals surface area contributed by atoms with Gasteiger partial charge in [-0.3, -0.25) is 19.2 Å². The number of aldehydes is 1. The number of carbonyl (C=O) groups is 5. The molecule has 0 saturated carbocycles. The van der Waals surface area contributed by atoms with Crippen LogP contribution in [0.5, 0.6) is 0 Å². The molecule has 0 aromatic heterocycles. The summed E-state index contributed by atoms with van der Waals surface area (Å²) < 4.78 is 55.2. The molecular formula is C19H20F4N4O6. The van der Waals surface area contributed by atoms with Crippen molar-refractivity contribution >= 4 is 35.7 Å². The third kappa shape index (κ3) is 5.38. The molecule has 180 valence electrons. The van der Waals surface area contributed by atoms with Gasteiger partial charge in [-0.15, -0.1) is 0 Å². The van der Waals surface area contributed by atoms with Crippen LogP contribution in [0.25, 0.3) is 0 Å². The summed E-state index contributed by atoms with van der Waals surface area (Å²) in [7, 11) is 0. The van der Waals surface area contributed by atoms with Crippen LogP contribution in [0.2, 0.25) is 0 Å². The van der Waals surface area contributed by atoms with Crippen LogP contribution in [0, 0.1) is 23.3 Å². The molecule has 1 aliphatic rings. The van der Waals surface area contributed by atoms with Crippen molar-refractivity contribution in [2.45, 2.75) is 44.3 Å². The zero-order chi connectivity index (χ0) is 25.0. The molecule has 33 heavy (non-hydrogen) atoms. The van der Waals surface area contributed by atoms with Crippen LogP contribution < -0.4 is 16.4 Å². The Morgan fingerprint density at radius 1 is 1.12 bits per heavy atom. The first kappa shape index (κ1) is 25.5. The van der Waals surface area contributed by atoms with Crippen molar-refractivity contribution in [1.29, 1.82) is 0 Å². The molecule has 1 aliphatic heterocycles. The Bertz CT molecular complexity index is 976. The Kier molecular flexibility index (Phi) is 7.95. The van der Waals surface area contributed by atoms with Crippen LogP contribution in [0.1, 0.15) is 36.5 Å². The number of aliphatic carboxylic acids is 1.